The molecular formula is C15H16N2OS. The van der Waals surface area contributed by atoms with Gasteiger partial charge in [0.2, 0.25) is 0 Å². The van der Waals surface area contributed by atoms with Gasteiger partial charge in [-0.05, 0) is 49.8 Å². The van der Waals surface area contributed by atoms with Crippen LogP contribution in [0.2, 0.25) is 0 Å². The maximum absolute atomic E-state index is 9.39. The zero-order valence-electron chi connectivity index (χ0n) is 10.9. The fourth-order valence-electron chi connectivity index (χ4n) is 1.82. The molecule has 0 unspecified atom stereocenters. The third kappa shape index (κ3) is 3.69. The van der Waals surface area contributed by atoms with Gasteiger partial charge in [-0.15, -0.1) is 0 Å². The molecule has 0 aliphatic heterocycles. The molecule has 98 valence electrons. The molecule has 0 bridgehead atoms. The number of anilines is 2. The molecule has 19 heavy (non-hydrogen) atoms. The second-order valence-corrected chi connectivity index (χ2v) is 4.86. The Bertz CT molecular complexity index is 611. The molecule has 0 spiro atoms. The van der Waals surface area contributed by atoms with Crippen LogP contribution in [-0.4, -0.2) is 10.2 Å². The Hall–Kier alpha value is -2.07. The molecule has 0 aliphatic rings. The average Bonchev–Trinajstić information content (AvgIpc) is 2.33. The minimum atomic E-state index is 0.208. The second kappa shape index (κ2) is 5.71. The summed E-state index contributed by atoms with van der Waals surface area (Å²) in [5.41, 5.74) is 4.08. The Kier molecular flexibility index (Phi) is 4.02. The summed E-state index contributed by atoms with van der Waals surface area (Å²) in [5.74, 6) is 0.208. The zero-order chi connectivity index (χ0) is 13.8. The van der Waals surface area contributed by atoms with Gasteiger partial charge >= 0.3 is 0 Å². The summed E-state index contributed by atoms with van der Waals surface area (Å²) in [6.07, 6.45) is 0. The number of thiocarbonyl (C=S) groups is 1. The van der Waals surface area contributed by atoms with Crippen LogP contribution in [0.1, 0.15) is 11.1 Å². The maximum Gasteiger partial charge on any atom is 0.175 e. The lowest BCUT2D eigenvalue weighted by atomic mass is 10.1. The van der Waals surface area contributed by atoms with Crippen molar-refractivity contribution in [3.63, 3.8) is 0 Å². The Morgan fingerprint density at radius 2 is 1.84 bits per heavy atom. The van der Waals surface area contributed by atoms with E-state index in [1.807, 2.05) is 25.1 Å². The molecule has 0 saturated carbocycles. The Morgan fingerprint density at radius 3 is 2.53 bits per heavy atom. The van der Waals surface area contributed by atoms with E-state index in [9.17, 15) is 5.11 Å². The number of nitrogens with one attached hydrogen (secondary N) is 2. The largest absolute Gasteiger partial charge is 0.508 e. The standard InChI is InChI=1S/C15H16N2OS/c1-10-6-7-14(11(2)8-10)17-15(19)16-12-4-3-5-13(18)9-12/h3-9,18H,1-2H3,(H2,16,17,19). The van der Waals surface area contributed by atoms with Crippen molar-refractivity contribution in [2.75, 3.05) is 10.6 Å². The van der Waals surface area contributed by atoms with Gasteiger partial charge in [-0.2, -0.15) is 0 Å². The molecule has 0 amide bonds. The molecule has 2 rings (SSSR count). The molecule has 2 aromatic carbocycles. The summed E-state index contributed by atoms with van der Waals surface area (Å²) in [4.78, 5) is 0. The Balaban J connectivity index is 2.05. The number of phenolic OH excluding ortho intramolecular Hbond substituents is 1. The molecule has 4 heteroatoms. The predicted octanol–water partition coefficient (Wildman–Crippen LogP) is 3.82. The molecule has 0 aliphatic carbocycles. The van der Waals surface area contributed by atoms with Crippen LogP contribution in [0.15, 0.2) is 42.5 Å². The minimum absolute atomic E-state index is 0.208. The summed E-state index contributed by atoms with van der Waals surface area (Å²) in [7, 11) is 0. The molecule has 3 N–H and O–H groups in total. The summed E-state index contributed by atoms with van der Waals surface area (Å²) < 4.78 is 0. The van der Waals surface area contributed by atoms with Gasteiger partial charge in [0.15, 0.2) is 5.11 Å². The zero-order valence-corrected chi connectivity index (χ0v) is 11.7. The number of benzene rings is 2. The number of hydrogen-bond donors (Lipinski definition) is 3. The monoisotopic (exact) mass is 272 g/mol. The van der Waals surface area contributed by atoms with Crippen LogP contribution in [0.3, 0.4) is 0 Å². The van der Waals surface area contributed by atoms with Crippen LogP contribution in [0.5, 0.6) is 5.75 Å². The van der Waals surface area contributed by atoms with Crippen molar-refractivity contribution in [1.82, 2.24) is 0 Å². The second-order valence-electron chi connectivity index (χ2n) is 4.45. The average molecular weight is 272 g/mol. The van der Waals surface area contributed by atoms with Crippen molar-refractivity contribution in [1.29, 1.82) is 0 Å². The van der Waals surface area contributed by atoms with E-state index >= 15 is 0 Å². The Morgan fingerprint density at radius 1 is 1.05 bits per heavy atom. The van der Waals surface area contributed by atoms with Crippen LogP contribution >= 0.6 is 12.2 Å². The quantitative estimate of drug-likeness (QED) is 0.727. The van der Waals surface area contributed by atoms with Crippen molar-refractivity contribution in [2.24, 2.45) is 0 Å². The van der Waals surface area contributed by atoms with E-state index in [0.717, 1.165) is 16.9 Å². The van der Waals surface area contributed by atoms with Crippen LogP contribution in [0.25, 0.3) is 0 Å². The molecular weight excluding hydrogens is 256 g/mol. The van der Waals surface area contributed by atoms with Crippen molar-refractivity contribution in [3.05, 3.63) is 53.6 Å². The van der Waals surface area contributed by atoms with Gasteiger partial charge in [-0.3, -0.25) is 0 Å². The first-order valence-corrected chi connectivity index (χ1v) is 6.40. The first kappa shape index (κ1) is 13.4. The predicted molar refractivity (Wildman–Crippen MR) is 83.9 cm³/mol. The van der Waals surface area contributed by atoms with E-state index in [2.05, 4.69) is 23.6 Å². The van der Waals surface area contributed by atoms with Gasteiger partial charge in [-0.25, -0.2) is 0 Å². The van der Waals surface area contributed by atoms with E-state index in [-0.39, 0.29) is 5.75 Å². The van der Waals surface area contributed by atoms with Crippen molar-refractivity contribution < 1.29 is 5.11 Å². The number of phenols is 1. The molecule has 2 aromatic rings. The van der Waals surface area contributed by atoms with Crippen LogP contribution in [0, 0.1) is 13.8 Å². The number of rotatable bonds is 2. The van der Waals surface area contributed by atoms with Gasteiger partial charge in [0.1, 0.15) is 5.75 Å². The maximum atomic E-state index is 9.39. The van der Waals surface area contributed by atoms with Crippen LogP contribution in [-0.2, 0) is 0 Å². The van der Waals surface area contributed by atoms with Crippen molar-refractivity contribution in [2.45, 2.75) is 13.8 Å². The van der Waals surface area contributed by atoms with Crippen molar-refractivity contribution >= 4 is 28.7 Å². The Labute approximate surface area is 118 Å². The van der Waals surface area contributed by atoms with E-state index in [4.69, 9.17) is 12.2 Å². The molecule has 0 fully saturated rings. The highest BCUT2D eigenvalue weighted by Crippen LogP contribution is 2.18. The lowest BCUT2D eigenvalue weighted by molar-refractivity contribution is 0.475. The SMILES string of the molecule is Cc1ccc(NC(=S)Nc2cccc(O)c2)c(C)c1. The van der Waals surface area contributed by atoms with E-state index in [0.29, 0.717) is 5.11 Å². The molecule has 3 nitrogen and oxygen atoms in total. The summed E-state index contributed by atoms with van der Waals surface area (Å²) >= 11 is 5.25. The van der Waals surface area contributed by atoms with E-state index < -0.39 is 0 Å². The third-order valence-corrected chi connectivity index (χ3v) is 2.94. The topological polar surface area (TPSA) is 44.3 Å². The molecule has 0 saturated heterocycles. The highest BCUT2D eigenvalue weighted by Gasteiger charge is 2.02. The first-order valence-electron chi connectivity index (χ1n) is 5.99. The fourth-order valence-corrected chi connectivity index (χ4v) is 2.05. The van der Waals surface area contributed by atoms with Gasteiger partial charge in [0.05, 0.1) is 0 Å². The first-order chi connectivity index (χ1) is 9.04. The van der Waals surface area contributed by atoms with Crippen LogP contribution < -0.4 is 10.6 Å². The van der Waals surface area contributed by atoms with Gasteiger partial charge in [0.25, 0.3) is 0 Å². The summed E-state index contributed by atoms with van der Waals surface area (Å²) in [6.45, 7) is 4.09. The third-order valence-electron chi connectivity index (χ3n) is 2.73. The molecule has 0 aromatic heterocycles. The molecule has 0 heterocycles. The van der Waals surface area contributed by atoms with E-state index in [1.54, 1.807) is 18.2 Å². The minimum Gasteiger partial charge on any atom is -0.508 e. The molecule has 0 radical (unpaired) electrons. The van der Waals surface area contributed by atoms with E-state index in [1.165, 1.54) is 5.56 Å². The lowest BCUT2D eigenvalue weighted by Gasteiger charge is -2.13. The van der Waals surface area contributed by atoms with Gasteiger partial charge in [-0.1, -0.05) is 23.8 Å². The number of aromatic hydroxyl groups is 1. The normalized spacial score (nSPS) is 10.0. The lowest BCUT2D eigenvalue weighted by Crippen LogP contribution is -2.19. The highest BCUT2D eigenvalue weighted by atomic mass is 32.1. The fraction of sp³-hybridized carbons (Fsp3) is 0.133. The summed E-state index contributed by atoms with van der Waals surface area (Å²) in [5, 5.41) is 16.1. The number of hydrogen-bond acceptors (Lipinski definition) is 2. The number of aryl methyl sites for hydroxylation is 2. The molecule has 0 atom stereocenters. The van der Waals surface area contributed by atoms with Gasteiger partial charge < -0.3 is 15.7 Å². The van der Waals surface area contributed by atoms with Crippen LogP contribution in [0.4, 0.5) is 11.4 Å². The summed E-state index contributed by atoms with van der Waals surface area (Å²) in [6, 6.07) is 13.0. The van der Waals surface area contributed by atoms with Crippen molar-refractivity contribution in [3.8, 4) is 5.75 Å². The highest BCUT2D eigenvalue weighted by molar-refractivity contribution is 7.80. The van der Waals surface area contributed by atoms with Gasteiger partial charge in [0, 0.05) is 17.4 Å². The smallest absolute Gasteiger partial charge is 0.175 e.